The summed E-state index contributed by atoms with van der Waals surface area (Å²) in [5.41, 5.74) is 4.62. The maximum absolute atomic E-state index is 12.4. The molecule has 0 saturated carbocycles. The zero-order chi connectivity index (χ0) is 20.1. The molecule has 0 heterocycles. The van der Waals surface area contributed by atoms with Crippen molar-refractivity contribution < 1.29 is 14.6 Å². The Hall–Kier alpha value is -2.64. The standard InChI is InChI=1S/C21H16Br2N2O3/c1-13-5-2-3-8-19(13)28-16-7-4-6-15(11-16)21(27)25-24-12-14-9-17(22)20(26)18(23)10-14/h2-12,26H,1H3,(H,25,27). The minimum atomic E-state index is -0.358. The average molecular weight is 504 g/mol. The predicted octanol–water partition coefficient (Wildman–Crippen LogP) is 5.78. The monoisotopic (exact) mass is 502 g/mol. The predicted molar refractivity (Wildman–Crippen MR) is 116 cm³/mol. The lowest BCUT2D eigenvalue weighted by molar-refractivity contribution is 0.0955. The molecular weight excluding hydrogens is 488 g/mol. The summed E-state index contributed by atoms with van der Waals surface area (Å²) in [6.07, 6.45) is 1.49. The number of aromatic hydroxyl groups is 1. The molecule has 0 fully saturated rings. The number of phenols is 1. The molecule has 3 aromatic carbocycles. The third-order valence-electron chi connectivity index (χ3n) is 3.84. The summed E-state index contributed by atoms with van der Waals surface area (Å²) in [6.45, 7) is 1.96. The zero-order valence-electron chi connectivity index (χ0n) is 14.8. The molecule has 3 rings (SSSR count). The van der Waals surface area contributed by atoms with Crippen molar-refractivity contribution in [1.29, 1.82) is 0 Å². The topological polar surface area (TPSA) is 70.9 Å². The van der Waals surface area contributed by atoms with E-state index < -0.39 is 0 Å². The van der Waals surface area contributed by atoms with Gasteiger partial charge in [0.25, 0.3) is 5.91 Å². The molecule has 0 aliphatic carbocycles. The number of hydrogen-bond acceptors (Lipinski definition) is 4. The normalized spacial score (nSPS) is 10.8. The van der Waals surface area contributed by atoms with E-state index in [0.29, 0.717) is 25.8 Å². The number of aryl methyl sites for hydroxylation is 1. The molecule has 0 saturated heterocycles. The van der Waals surface area contributed by atoms with E-state index in [9.17, 15) is 9.90 Å². The van der Waals surface area contributed by atoms with Gasteiger partial charge < -0.3 is 9.84 Å². The van der Waals surface area contributed by atoms with Crippen molar-refractivity contribution >= 4 is 44.0 Å². The molecule has 1 amide bonds. The Kier molecular flexibility index (Phi) is 6.49. The van der Waals surface area contributed by atoms with Crippen LogP contribution in [0.5, 0.6) is 17.2 Å². The lowest BCUT2D eigenvalue weighted by atomic mass is 10.2. The molecule has 0 bridgehead atoms. The van der Waals surface area contributed by atoms with Crippen molar-refractivity contribution in [3.8, 4) is 17.2 Å². The van der Waals surface area contributed by atoms with Crippen LogP contribution in [0, 0.1) is 6.92 Å². The zero-order valence-corrected chi connectivity index (χ0v) is 18.0. The molecule has 0 aliphatic heterocycles. The minimum absolute atomic E-state index is 0.103. The summed E-state index contributed by atoms with van der Waals surface area (Å²) in [4.78, 5) is 12.4. The molecule has 5 nitrogen and oxygen atoms in total. The van der Waals surface area contributed by atoms with Crippen LogP contribution in [-0.4, -0.2) is 17.2 Å². The van der Waals surface area contributed by atoms with Gasteiger partial charge in [-0.3, -0.25) is 4.79 Å². The van der Waals surface area contributed by atoms with Crippen molar-refractivity contribution in [3.63, 3.8) is 0 Å². The lowest BCUT2D eigenvalue weighted by Crippen LogP contribution is -2.17. The second kappa shape index (κ2) is 9.03. The summed E-state index contributed by atoms with van der Waals surface area (Å²) >= 11 is 6.50. The number of carbonyl (C=O) groups excluding carboxylic acids is 1. The molecule has 0 unspecified atom stereocenters. The van der Waals surface area contributed by atoms with E-state index in [0.717, 1.165) is 11.3 Å². The van der Waals surface area contributed by atoms with Crippen LogP contribution in [0.25, 0.3) is 0 Å². The molecule has 0 atom stereocenters. The first-order chi connectivity index (χ1) is 13.4. The number of benzene rings is 3. The van der Waals surface area contributed by atoms with Crippen LogP contribution in [-0.2, 0) is 0 Å². The van der Waals surface area contributed by atoms with Gasteiger partial charge in [0.2, 0.25) is 0 Å². The third-order valence-corrected chi connectivity index (χ3v) is 5.05. The van der Waals surface area contributed by atoms with Crippen molar-refractivity contribution in [2.45, 2.75) is 6.92 Å². The van der Waals surface area contributed by atoms with E-state index in [1.807, 2.05) is 31.2 Å². The van der Waals surface area contributed by atoms with Gasteiger partial charge in [-0.25, -0.2) is 5.43 Å². The number of nitrogens with one attached hydrogen (secondary N) is 1. The molecule has 0 spiro atoms. The highest BCUT2D eigenvalue weighted by Gasteiger charge is 2.08. The molecule has 2 N–H and O–H groups in total. The molecule has 142 valence electrons. The van der Waals surface area contributed by atoms with E-state index in [4.69, 9.17) is 4.74 Å². The Balaban J connectivity index is 1.69. The highest BCUT2D eigenvalue weighted by Crippen LogP contribution is 2.32. The van der Waals surface area contributed by atoms with Crippen LogP contribution in [0.15, 0.2) is 74.7 Å². The number of hydrogen-bond donors (Lipinski definition) is 2. The summed E-state index contributed by atoms with van der Waals surface area (Å²) in [7, 11) is 0. The summed E-state index contributed by atoms with van der Waals surface area (Å²) in [5.74, 6) is 1.05. The number of amides is 1. The first-order valence-electron chi connectivity index (χ1n) is 8.29. The van der Waals surface area contributed by atoms with Crippen LogP contribution in [0.3, 0.4) is 0 Å². The number of nitrogens with zero attached hydrogens (tertiary/aromatic N) is 1. The fourth-order valence-corrected chi connectivity index (χ4v) is 3.61. The fourth-order valence-electron chi connectivity index (χ4n) is 2.39. The number of para-hydroxylation sites is 1. The van der Waals surface area contributed by atoms with Gasteiger partial charge in [0.1, 0.15) is 17.2 Å². The molecule has 3 aromatic rings. The Morgan fingerprint density at radius 2 is 1.79 bits per heavy atom. The molecule has 7 heteroatoms. The average Bonchev–Trinajstić information content (AvgIpc) is 2.68. The number of rotatable bonds is 5. The maximum atomic E-state index is 12.4. The van der Waals surface area contributed by atoms with Crippen molar-refractivity contribution in [3.05, 3.63) is 86.3 Å². The van der Waals surface area contributed by atoms with Crippen LogP contribution < -0.4 is 10.2 Å². The maximum Gasteiger partial charge on any atom is 0.271 e. The Bertz CT molecular complexity index is 1030. The van der Waals surface area contributed by atoms with Crippen molar-refractivity contribution in [2.75, 3.05) is 0 Å². The van der Waals surface area contributed by atoms with Gasteiger partial charge in [0.05, 0.1) is 15.2 Å². The quantitative estimate of drug-likeness (QED) is 0.342. The molecule has 0 radical (unpaired) electrons. The molecule has 0 aromatic heterocycles. The number of phenolic OH excluding ortho intramolecular Hbond substituents is 1. The van der Waals surface area contributed by atoms with E-state index in [2.05, 4.69) is 42.4 Å². The third kappa shape index (κ3) is 4.99. The van der Waals surface area contributed by atoms with Gasteiger partial charge in [0, 0.05) is 5.56 Å². The SMILES string of the molecule is Cc1ccccc1Oc1cccc(C(=O)NN=Cc2cc(Br)c(O)c(Br)c2)c1. The molecule has 28 heavy (non-hydrogen) atoms. The highest BCUT2D eigenvalue weighted by molar-refractivity contribution is 9.11. The number of carbonyl (C=O) groups is 1. The highest BCUT2D eigenvalue weighted by atomic mass is 79.9. The van der Waals surface area contributed by atoms with E-state index in [1.165, 1.54) is 6.21 Å². The van der Waals surface area contributed by atoms with E-state index in [1.54, 1.807) is 36.4 Å². The van der Waals surface area contributed by atoms with Gasteiger partial charge in [-0.15, -0.1) is 0 Å². The Labute approximate surface area is 179 Å². The Morgan fingerprint density at radius 1 is 1.07 bits per heavy atom. The summed E-state index contributed by atoms with van der Waals surface area (Å²) in [5, 5.41) is 13.7. The van der Waals surface area contributed by atoms with Gasteiger partial charge in [-0.05, 0) is 86.3 Å². The summed E-state index contributed by atoms with van der Waals surface area (Å²) < 4.78 is 6.91. The smallest absolute Gasteiger partial charge is 0.271 e. The molecule has 0 aliphatic rings. The van der Waals surface area contributed by atoms with Gasteiger partial charge >= 0.3 is 0 Å². The molecular formula is C21H16Br2N2O3. The van der Waals surface area contributed by atoms with Gasteiger partial charge in [-0.2, -0.15) is 5.10 Å². The number of ether oxygens (including phenoxy) is 1. The largest absolute Gasteiger partial charge is 0.506 e. The first-order valence-corrected chi connectivity index (χ1v) is 9.87. The minimum Gasteiger partial charge on any atom is -0.506 e. The van der Waals surface area contributed by atoms with E-state index in [-0.39, 0.29) is 11.7 Å². The Morgan fingerprint density at radius 3 is 2.50 bits per heavy atom. The van der Waals surface area contributed by atoms with Crippen LogP contribution in [0.1, 0.15) is 21.5 Å². The van der Waals surface area contributed by atoms with Crippen LogP contribution in [0.2, 0.25) is 0 Å². The fraction of sp³-hybridized carbons (Fsp3) is 0.0476. The van der Waals surface area contributed by atoms with E-state index >= 15 is 0 Å². The van der Waals surface area contributed by atoms with Crippen molar-refractivity contribution in [1.82, 2.24) is 5.43 Å². The lowest BCUT2D eigenvalue weighted by Gasteiger charge is -2.09. The van der Waals surface area contributed by atoms with Gasteiger partial charge in [-0.1, -0.05) is 24.3 Å². The second-order valence-electron chi connectivity index (χ2n) is 5.93. The summed E-state index contributed by atoms with van der Waals surface area (Å²) in [6, 6.07) is 17.9. The number of hydrazone groups is 1. The second-order valence-corrected chi connectivity index (χ2v) is 7.64. The van der Waals surface area contributed by atoms with Crippen LogP contribution >= 0.6 is 31.9 Å². The van der Waals surface area contributed by atoms with Crippen LogP contribution in [0.4, 0.5) is 0 Å². The van der Waals surface area contributed by atoms with Crippen molar-refractivity contribution in [2.24, 2.45) is 5.10 Å². The number of halogens is 2. The van der Waals surface area contributed by atoms with Gasteiger partial charge in [0.15, 0.2) is 0 Å². The first kappa shape index (κ1) is 20.1.